The molecule has 1 unspecified atom stereocenters. The third-order valence-electron chi connectivity index (χ3n) is 6.95. The van der Waals surface area contributed by atoms with Gasteiger partial charge in [0.2, 0.25) is 0 Å². The Kier molecular flexibility index (Phi) is 5.73. The fourth-order valence-corrected chi connectivity index (χ4v) is 5.47. The van der Waals surface area contributed by atoms with E-state index in [-0.39, 0.29) is 22.6 Å². The zero-order valence-corrected chi connectivity index (χ0v) is 18.2. The number of carbonyl (C=O) groups is 2. The van der Waals surface area contributed by atoms with E-state index in [1.807, 2.05) is 36.4 Å². The summed E-state index contributed by atoms with van der Waals surface area (Å²) in [6.45, 7) is 0.662. The third kappa shape index (κ3) is 4.16. The summed E-state index contributed by atoms with van der Waals surface area (Å²) in [7, 11) is 0. The SMILES string of the molecule is O=C(O)c1ccccc1C(=O)O[C@@H]1C2OC[C@@H]2CC1(Cc1ccccc1)Cc1ccccc1. The highest BCUT2D eigenvalue weighted by Crippen LogP contribution is 2.53. The largest absolute Gasteiger partial charge is 0.478 e. The fraction of sp³-hybridized carbons (Fsp3) is 0.286. The van der Waals surface area contributed by atoms with Crippen molar-refractivity contribution in [2.24, 2.45) is 11.3 Å². The Morgan fingerprint density at radius 2 is 1.39 bits per heavy atom. The van der Waals surface area contributed by atoms with Gasteiger partial charge in [-0.1, -0.05) is 72.8 Å². The molecule has 1 aliphatic heterocycles. The highest BCUT2D eigenvalue weighted by Gasteiger charge is 2.60. The van der Waals surface area contributed by atoms with Gasteiger partial charge in [0.1, 0.15) is 12.2 Å². The van der Waals surface area contributed by atoms with Crippen molar-refractivity contribution in [3.63, 3.8) is 0 Å². The van der Waals surface area contributed by atoms with Gasteiger partial charge in [-0.15, -0.1) is 0 Å². The topological polar surface area (TPSA) is 72.8 Å². The van der Waals surface area contributed by atoms with Gasteiger partial charge in [0.25, 0.3) is 0 Å². The number of aromatic carboxylic acids is 1. The summed E-state index contributed by atoms with van der Waals surface area (Å²) in [5.41, 5.74) is 2.04. The van der Waals surface area contributed by atoms with Crippen molar-refractivity contribution in [3.8, 4) is 0 Å². The van der Waals surface area contributed by atoms with E-state index >= 15 is 0 Å². The number of fused-ring (bicyclic) bond motifs is 1. The molecule has 1 aliphatic carbocycles. The molecule has 5 rings (SSSR count). The number of ether oxygens (including phenoxy) is 2. The van der Waals surface area contributed by atoms with Gasteiger partial charge in [-0.25, -0.2) is 9.59 Å². The molecule has 168 valence electrons. The number of esters is 1. The standard InChI is InChI=1S/C28H26O5/c29-26(30)22-13-7-8-14-23(22)27(31)33-25-24-21(18-32-24)17-28(25,15-19-9-3-1-4-10-19)16-20-11-5-2-6-12-20/h1-14,21,24-25H,15-18H2,(H,29,30)/t21-,24?,25+/m0/s1. The molecule has 0 spiro atoms. The Hall–Kier alpha value is -3.44. The number of rotatable bonds is 7. The second-order valence-corrected chi connectivity index (χ2v) is 9.13. The average Bonchev–Trinajstić information content (AvgIpc) is 3.01. The van der Waals surface area contributed by atoms with Crippen LogP contribution < -0.4 is 0 Å². The summed E-state index contributed by atoms with van der Waals surface area (Å²) in [5, 5.41) is 9.54. The van der Waals surface area contributed by atoms with Gasteiger partial charge >= 0.3 is 11.9 Å². The maximum Gasteiger partial charge on any atom is 0.339 e. The van der Waals surface area contributed by atoms with Gasteiger partial charge in [0, 0.05) is 11.3 Å². The first-order valence-electron chi connectivity index (χ1n) is 11.3. The normalized spacial score (nSPS) is 22.7. The number of carboxylic acid groups (broad SMARTS) is 1. The Bertz CT molecular complexity index is 1100. The number of benzene rings is 3. The van der Waals surface area contributed by atoms with Crippen LogP contribution in [-0.4, -0.2) is 35.9 Å². The summed E-state index contributed by atoms with van der Waals surface area (Å²) in [5.74, 6) is -1.43. The van der Waals surface area contributed by atoms with E-state index in [1.165, 1.54) is 23.3 Å². The minimum Gasteiger partial charge on any atom is -0.478 e. The maximum absolute atomic E-state index is 13.3. The zero-order chi connectivity index (χ0) is 22.8. The highest BCUT2D eigenvalue weighted by atomic mass is 16.6. The molecule has 0 amide bonds. The van der Waals surface area contributed by atoms with Gasteiger partial charge in [0.15, 0.2) is 0 Å². The predicted molar refractivity (Wildman–Crippen MR) is 123 cm³/mol. The average molecular weight is 443 g/mol. The highest BCUT2D eigenvalue weighted by molar-refractivity contribution is 6.02. The summed E-state index contributed by atoms with van der Waals surface area (Å²) >= 11 is 0. The van der Waals surface area contributed by atoms with E-state index in [0.29, 0.717) is 12.5 Å². The summed E-state index contributed by atoms with van der Waals surface area (Å²) in [4.78, 5) is 24.9. The number of carbonyl (C=O) groups excluding carboxylic acids is 1. The van der Waals surface area contributed by atoms with E-state index in [9.17, 15) is 14.7 Å². The van der Waals surface area contributed by atoms with Crippen molar-refractivity contribution in [2.75, 3.05) is 6.61 Å². The van der Waals surface area contributed by atoms with Crippen LogP contribution >= 0.6 is 0 Å². The van der Waals surface area contributed by atoms with E-state index < -0.39 is 18.0 Å². The molecule has 0 aromatic heterocycles. The first kappa shape index (κ1) is 21.4. The molecule has 1 saturated carbocycles. The van der Waals surface area contributed by atoms with E-state index in [0.717, 1.165) is 19.3 Å². The van der Waals surface area contributed by atoms with Crippen LogP contribution in [0.15, 0.2) is 84.9 Å². The minimum absolute atomic E-state index is 0.0525. The number of hydrogen-bond donors (Lipinski definition) is 1. The molecule has 3 aromatic rings. The molecular weight excluding hydrogens is 416 g/mol. The molecule has 0 bridgehead atoms. The molecule has 2 aliphatic rings. The lowest BCUT2D eigenvalue weighted by Gasteiger charge is -2.38. The van der Waals surface area contributed by atoms with Crippen LogP contribution in [0.3, 0.4) is 0 Å². The Morgan fingerprint density at radius 1 is 0.848 bits per heavy atom. The second kappa shape index (κ2) is 8.83. The van der Waals surface area contributed by atoms with E-state index in [4.69, 9.17) is 9.47 Å². The number of hydrogen-bond acceptors (Lipinski definition) is 4. The quantitative estimate of drug-likeness (QED) is 0.532. The summed E-state index contributed by atoms with van der Waals surface area (Å²) in [6.07, 6.45) is 1.75. The van der Waals surface area contributed by atoms with Crippen LogP contribution in [0.25, 0.3) is 0 Å². The molecule has 0 radical (unpaired) electrons. The van der Waals surface area contributed by atoms with Crippen LogP contribution in [0.2, 0.25) is 0 Å². The zero-order valence-electron chi connectivity index (χ0n) is 18.2. The summed E-state index contributed by atoms with van der Waals surface area (Å²) in [6, 6.07) is 26.7. The van der Waals surface area contributed by atoms with Crippen LogP contribution in [0.1, 0.15) is 38.3 Å². The minimum atomic E-state index is -1.15. The molecule has 1 saturated heterocycles. The lowest BCUT2D eigenvalue weighted by atomic mass is 9.73. The monoisotopic (exact) mass is 442 g/mol. The van der Waals surface area contributed by atoms with Crippen LogP contribution in [-0.2, 0) is 22.3 Å². The first-order valence-corrected chi connectivity index (χ1v) is 11.3. The van der Waals surface area contributed by atoms with Gasteiger partial charge in [0.05, 0.1) is 17.7 Å². The molecule has 1 heterocycles. The lowest BCUT2D eigenvalue weighted by molar-refractivity contribution is -0.146. The molecule has 5 nitrogen and oxygen atoms in total. The van der Waals surface area contributed by atoms with Gasteiger partial charge in [-0.3, -0.25) is 0 Å². The van der Waals surface area contributed by atoms with Crippen molar-refractivity contribution >= 4 is 11.9 Å². The smallest absolute Gasteiger partial charge is 0.339 e. The van der Waals surface area contributed by atoms with Crippen molar-refractivity contribution in [2.45, 2.75) is 31.5 Å². The van der Waals surface area contributed by atoms with Crippen molar-refractivity contribution in [3.05, 3.63) is 107 Å². The van der Waals surface area contributed by atoms with Crippen molar-refractivity contribution < 1.29 is 24.2 Å². The molecule has 2 fully saturated rings. The van der Waals surface area contributed by atoms with E-state index in [2.05, 4.69) is 24.3 Å². The van der Waals surface area contributed by atoms with Gasteiger partial charge in [-0.05, 0) is 42.5 Å². The van der Waals surface area contributed by atoms with Crippen molar-refractivity contribution in [1.82, 2.24) is 0 Å². The molecule has 3 atom stereocenters. The molecular formula is C28H26O5. The molecule has 5 heteroatoms. The van der Waals surface area contributed by atoms with Gasteiger partial charge < -0.3 is 14.6 Å². The van der Waals surface area contributed by atoms with Crippen molar-refractivity contribution in [1.29, 1.82) is 0 Å². The molecule has 1 N–H and O–H groups in total. The Labute approximate surface area is 193 Å². The second-order valence-electron chi connectivity index (χ2n) is 9.13. The van der Waals surface area contributed by atoms with Crippen LogP contribution in [0, 0.1) is 11.3 Å². The van der Waals surface area contributed by atoms with Crippen LogP contribution in [0.5, 0.6) is 0 Å². The van der Waals surface area contributed by atoms with E-state index in [1.54, 1.807) is 12.1 Å². The van der Waals surface area contributed by atoms with Gasteiger partial charge in [-0.2, -0.15) is 0 Å². The van der Waals surface area contributed by atoms with Crippen LogP contribution in [0.4, 0.5) is 0 Å². The Morgan fingerprint density at radius 3 is 1.91 bits per heavy atom. The Balaban J connectivity index is 1.51. The third-order valence-corrected chi connectivity index (χ3v) is 6.95. The first-order chi connectivity index (χ1) is 16.1. The predicted octanol–water partition coefficient (Wildman–Crippen LogP) is 4.80. The fourth-order valence-electron chi connectivity index (χ4n) is 5.47. The number of carboxylic acids is 1. The maximum atomic E-state index is 13.3. The molecule has 33 heavy (non-hydrogen) atoms. The summed E-state index contributed by atoms with van der Waals surface area (Å²) < 4.78 is 12.1. The molecule has 3 aromatic carbocycles. The lowest BCUT2D eigenvalue weighted by Crippen LogP contribution is -2.48.